The standard InChI is InChI=1S/C8H13NO/c1-4-6-9(7-5-2)8(3)10/h1H,5-7H2,2-3H3. The second kappa shape index (κ2) is 4.87. The fourth-order valence-electron chi connectivity index (χ4n) is 0.728. The van der Waals surface area contributed by atoms with E-state index in [-0.39, 0.29) is 5.91 Å². The number of carbonyl (C=O) groups is 1. The van der Waals surface area contributed by atoms with Crippen LogP contribution in [0.15, 0.2) is 0 Å². The van der Waals surface area contributed by atoms with E-state index in [9.17, 15) is 4.79 Å². The smallest absolute Gasteiger partial charge is 0.220 e. The lowest BCUT2D eigenvalue weighted by Crippen LogP contribution is -2.29. The lowest BCUT2D eigenvalue weighted by molar-refractivity contribution is -0.128. The molecular formula is C8H13NO. The van der Waals surface area contributed by atoms with Crippen LogP contribution in [0.3, 0.4) is 0 Å². The Morgan fingerprint density at radius 3 is 2.60 bits per heavy atom. The highest BCUT2D eigenvalue weighted by atomic mass is 16.2. The third kappa shape index (κ3) is 3.13. The molecule has 0 fully saturated rings. The Bertz CT molecular complexity index is 146. The molecule has 2 nitrogen and oxygen atoms in total. The van der Waals surface area contributed by atoms with Gasteiger partial charge >= 0.3 is 0 Å². The minimum Gasteiger partial charge on any atom is -0.332 e. The normalized spacial score (nSPS) is 8.50. The van der Waals surface area contributed by atoms with E-state index in [2.05, 4.69) is 5.92 Å². The van der Waals surface area contributed by atoms with Crippen LogP contribution in [0, 0.1) is 12.3 Å². The summed E-state index contributed by atoms with van der Waals surface area (Å²) in [4.78, 5) is 12.4. The van der Waals surface area contributed by atoms with Gasteiger partial charge in [-0.1, -0.05) is 12.8 Å². The minimum atomic E-state index is 0.0554. The van der Waals surface area contributed by atoms with Gasteiger partial charge in [0.1, 0.15) is 0 Å². The van der Waals surface area contributed by atoms with Gasteiger partial charge in [-0.2, -0.15) is 0 Å². The first kappa shape index (κ1) is 9.03. The highest BCUT2D eigenvalue weighted by Gasteiger charge is 2.03. The fourth-order valence-corrected chi connectivity index (χ4v) is 0.728. The monoisotopic (exact) mass is 139 g/mol. The maximum absolute atomic E-state index is 10.8. The van der Waals surface area contributed by atoms with Gasteiger partial charge in [0.2, 0.25) is 5.91 Å². The Labute approximate surface area is 62.2 Å². The van der Waals surface area contributed by atoms with Crippen LogP contribution in [0.5, 0.6) is 0 Å². The van der Waals surface area contributed by atoms with Crippen LogP contribution in [0.2, 0.25) is 0 Å². The second-order valence-corrected chi connectivity index (χ2v) is 2.14. The summed E-state index contributed by atoms with van der Waals surface area (Å²) in [6.07, 6.45) is 6.01. The van der Waals surface area contributed by atoms with Crippen molar-refractivity contribution in [1.82, 2.24) is 4.90 Å². The number of nitrogens with zero attached hydrogens (tertiary/aromatic N) is 1. The Kier molecular flexibility index (Phi) is 4.39. The van der Waals surface area contributed by atoms with Crippen LogP contribution in [0.1, 0.15) is 20.3 Å². The molecule has 0 aliphatic heterocycles. The highest BCUT2D eigenvalue weighted by molar-refractivity contribution is 5.73. The van der Waals surface area contributed by atoms with E-state index in [1.165, 1.54) is 6.92 Å². The van der Waals surface area contributed by atoms with Gasteiger partial charge in [-0.25, -0.2) is 0 Å². The van der Waals surface area contributed by atoms with Crippen LogP contribution >= 0.6 is 0 Å². The molecule has 0 aromatic carbocycles. The predicted molar refractivity (Wildman–Crippen MR) is 41.4 cm³/mol. The van der Waals surface area contributed by atoms with E-state index in [0.717, 1.165) is 13.0 Å². The second-order valence-electron chi connectivity index (χ2n) is 2.14. The number of carbonyl (C=O) groups excluding carboxylic acids is 1. The number of rotatable bonds is 3. The van der Waals surface area contributed by atoms with Gasteiger partial charge in [0.15, 0.2) is 0 Å². The van der Waals surface area contributed by atoms with Crippen LogP contribution in [-0.4, -0.2) is 23.9 Å². The number of amides is 1. The highest BCUT2D eigenvalue weighted by Crippen LogP contribution is 1.90. The van der Waals surface area contributed by atoms with Crippen molar-refractivity contribution >= 4 is 5.91 Å². The number of hydrogen-bond donors (Lipinski definition) is 0. The van der Waals surface area contributed by atoms with E-state index in [1.807, 2.05) is 6.92 Å². The summed E-state index contributed by atoms with van der Waals surface area (Å²) < 4.78 is 0. The van der Waals surface area contributed by atoms with Crippen LogP contribution in [0.4, 0.5) is 0 Å². The van der Waals surface area contributed by atoms with Gasteiger partial charge in [0.05, 0.1) is 6.54 Å². The summed E-state index contributed by atoms with van der Waals surface area (Å²) in [7, 11) is 0. The molecule has 56 valence electrons. The van der Waals surface area contributed by atoms with Crippen molar-refractivity contribution in [3.8, 4) is 12.3 Å². The van der Waals surface area contributed by atoms with Crippen molar-refractivity contribution in [1.29, 1.82) is 0 Å². The van der Waals surface area contributed by atoms with Gasteiger partial charge in [0.25, 0.3) is 0 Å². The van der Waals surface area contributed by atoms with Crippen molar-refractivity contribution in [3.05, 3.63) is 0 Å². The van der Waals surface area contributed by atoms with Crippen LogP contribution in [0.25, 0.3) is 0 Å². The average Bonchev–Trinajstić information content (AvgIpc) is 1.87. The first-order chi connectivity index (χ1) is 4.72. The topological polar surface area (TPSA) is 20.3 Å². The molecule has 2 heteroatoms. The SMILES string of the molecule is C#CCN(CCC)C(C)=O. The Morgan fingerprint density at radius 2 is 2.30 bits per heavy atom. The van der Waals surface area contributed by atoms with Crippen molar-refractivity contribution in [2.75, 3.05) is 13.1 Å². The van der Waals surface area contributed by atoms with Gasteiger partial charge in [-0.3, -0.25) is 4.79 Å². The summed E-state index contributed by atoms with van der Waals surface area (Å²) in [6, 6.07) is 0. The summed E-state index contributed by atoms with van der Waals surface area (Å²) in [6.45, 7) is 4.75. The van der Waals surface area contributed by atoms with Crippen molar-refractivity contribution < 1.29 is 4.79 Å². The summed E-state index contributed by atoms with van der Waals surface area (Å²) in [5.74, 6) is 2.49. The van der Waals surface area contributed by atoms with E-state index in [0.29, 0.717) is 6.54 Å². The molecule has 0 unspecified atom stereocenters. The maximum atomic E-state index is 10.8. The molecule has 10 heavy (non-hydrogen) atoms. The Balaban J connectivity index is 3.75. The quantitative estimate of drug-likeness (QED) is 0.531. The first-order valence-electron chi connectivity index (χ1n) is 3.41. The number of terminal acetylenes is 1. The first-order valence-corrected chi connectivity index (χ1v) is 3.41. The molecule has 0 saturated heterocycles. The summed E-state index contributed by atoms with van der Waals surface area (Å²) >= 11 is 0. The molecular weight excluding hydrogens is 126 g/mol. The van der Waals surface area contributed by atoms with Gasteiger partial charge in [-0.15, -0.1) is 6.42 Å². The van der Waals surface area contributed by atoms with E-state index in [4.69, 9.17) is 6.42 Å². The molecule has 0 aromatic heterocycles. The van der Waals surface area contributed by atoms with Crippen molar-refractivity contribution in [2.24, 2.45) is 0 Å². The van der Waals surface area contributed by atoms with Crippen LogP contribution in [-0.2, 0) is 4.79 Å². The summed E-state index contributed by atoms with van der Waals surface area (Å²) in [5, 5.41) is 0. The zero-order chi connectivity index (χ0) is 7.98. The van der Waals surface area contributed by atoms with E-state index >= 15 is 0 Å². The molecule has 0 heterocycles. The Morgan fingerprint density at radius 1 is 1.70 bits per heavy atom. The molecule has 0 aliphatic rings. The van der Waals surface area contributed by atoms with Crippen molar-refractivity contribution in [3.63, 3.8) is 0 Å². The van der Waals surface area contributed by atoms with E-state index in [1.54, 1.807) is 4.90 Å². The molecule has 0 N–H and O–H groups in total. The molecule has 0 bridgehead atoms. The van der Waals surface area contributed by atoms with Gasteiger partial charge in [0, 0.05) is 13.5 Å². The minimum absolute atomic E-state index is 0.0554. The van der Waals surface area contributed by atoms with E-state index < -0.39 is 0 Å². The lowest BCUT2D eigenvalue weighted by Gasteiger charge is -2.16. The number of hydrogen-bond acceptors (Lipinski definition) is 1. The molecule has 0 atom stereocenters. The molecule has 0 saturated carbocycles. The Hall–Kier alpha value is -0.970. The van der Waals surface area contributed by atoms with Gasteiger partial charge in [-0.05, 0) is 6.42 Å². The predicted octanol–water partition coefficient (Wildman–Crippen LogP) is 0.878. The molecule has 0 aromatic rings. The molecule has 0 spiro atoms. The van der Waals surface area contributed by atoms with Gasteiger partial charge < -0.3 is 4.90 Å². The molecule has 1 amide bonds. The molecule has 0 radical (unpaired) electrons. The zero-order valence-corrected chi connectivity index (χ0v) is 6.55. The maximum Gasteiger partial charge on any atom is 0.220 e. The lowest BCUT2D eigenvalue weighted by atomic mass is 10.4. The van der Waals surface area contributed by atoms with Crippen LogP contribution < -0.4 is 0 Å². The third-order valence-electron chi connectivity index (χ3n) is 1.22. The van der Waals surface area contributed by atoms with Crippen molar-refractivity contribution in [2.45, 2.75) is 20.3 Å². The summed E-state index contributed by atoms with van der Waals surface area (Å²) in [5.41, 5.74) is 0. The average molecular weight is 139 g/mol. The largest absolute Gasteiger partial charge is 0.332 e. The molecule has 0 aliphatic carbocycles. The molecule has 0 rings (SSSR count). The third-order valence-corrected chi connectivity index (χ3v) is 1.22. The fraction of sp³-hybridized carbons (Fsp3) is 0.625. The zero-order valence-electron chi connectivity index (χ0n) is 6.55.